The molecule has 110 valence electrons. The summed E-state index contributed by atoms with van der Waals surface area (Å²) in [6.45, 7) is 8.39. The second kappa shape index (κ2) is 6.39. The van der Waals surface area contributed by atoms with Crippen molar-refractivity contribution in [2.45, 2.75) is 31.3 Å². The normalized spacial score (nSPS) is 22.6. The number of carbonyl (C=O) groups excluding carboxylic acids is 1. The van der Waals surface area contributed by atoms with Gasteiger partial charge in [-0.3, -0.25) is 0 Å². The minimum atomic E-state index is -0.298. The highest BCUT2D eigenvalue weighted by Crippen LogP contribution is 2.34. The van der Waals surface area contributed by atoms with E-state index in [0.717, 1.165) is 18.8 Å². The zero-order chi connectivity index (χ0) is 14.7. The number of rotatable bonds is 3. The van der Waals surface area contributed by atoms with Gasteiger partial charge in [-0.15, -0.1) is 0 Å². The van der Waals surface area contributed by atoms with Gasteiger partial charge in [0.1, 0.15) is 0 Å². The SMILES string of the molecule is CCOC(=O)c1cccc(N)c1N1CC(C)SC(C)C1. The van der Waals surface area contributed by atoms with E-state index in [1.807, 2.05) is 24.8 Å². The van der Waals surface area contributed by atoms with Gasteiger partial charge in [-0.1, -0.05) is 19.9 Å². The summed E-state index contributed by atoms with van der Waals surface area (Å²) in [5.41, 5.74) is 8.15. The van der Waals surface area contributed by atoms with Crippen LogP contribution in [0.25, 0.3) is 0 Å². The van der Waals surface area contributed by atoms with Gasteiger partial charge in [0.2, 0.25) is 0 Å². The van der Waals surface area contributed by atoms with Gasteiger partial charge < -0.3 is 15.4 Å². The van der Waals surface area contributed by atoms with Crippen molar-refractivity contribution in [1.29, 1.82) is 0 Å². The summed E-state index contributed by atoms with van der Waals surface area (Å²) < 4.78 is 5.14. The van der Waals surface area contributed by atoms with Crippen molar-refractivity contribution >= 4 is 29.1 Å². The Hall–Kier alpha value is -1.36. The third kappa shape index (κ3) is 3.20. The van der Waals surface area contributed by atoms with E-state index in [9.17, 15) is 4.79 Å². The Balaban J connectivity index is 2.36. The van der Waals surface area contributed by atoms with Crippen LogP contribution < -0.4 is 10.6 Å². The van der Waals surface area contributed by atoms with E-state index in [0.29, 0.717) is 28.4 Å². The van der Waals surface area contributed by atoms with Gasteiger partial charge in [0.25, 0.3) is 0 Å². The molecule has 0 radical (unpaired) electrons. The molecule has 1 aliphatic heterocycles. The molecule has 0 spiro atoms. The first-order valence-corrected chi connectivity index (χ1v) is 7.93. The standard InChI is InChI=1S/C15H22N2O2S/c1-4-19-15(18)12-6-5-7-13(16)14(12)17-8-10(2)20-11(3)9-17/h5-7,10-11H,4,8-9,16H2,1-3H3. The number of hydrogen-bond donors (Lipinski definition) is 1. The molecule has 0 aromatic heterocycles. The van der Waals surface area contributed by atoms with Crippen molar-refractivity contribution in [2.24, 2.45) is 0 Å². The number of para-hydroxylation sites is 1. The monoisotopic (exact) mass is 294 g/mol. The molecular formula is C15H22N2O2S. The van der Waals surface area contributed by atoms with Gasteiger partial charge in [0, 0.05) is 23.6 Å². The predicted octanol–water partition coefficient (Wildman–Crippen LogP) is 2.78. The Kier molecular flexibility index (Phi) is 4.81. The molecule has 2 rings (SSSR count). The Bertz CT molecular complexity index is 483. The smallest absolute Gasteiger partial charge is 0.340 e. The first kappa shape index (κ1) is 15.0. The second-order valence-corrected chi connectivity index (χ2v) is 7.01. The van der Waals surface area contributed by atoms with Crippen LogP contribution in [0.1, 0.15) is 31.1 Å². The molecule has 4 nitrogen and oxygen atoms in total. The van der Waals surface area contributed by atoms with E-state index in [2.05, 4.69) is 18.7 Å². The van der Waals surface area contributed by atoms with Crippen molar-refractivity contribution in [1.82, 2.24) is 0 Å². The van der Waals surface area contributed by atoms with Gasteiger partial charge in [-0.2, -0.15) is 11.8 Å². The van der Waals surface area contributed by atoms with Gasteiger partial charge in [-0.05, 0) is 19.1 Å². The summed E-state index contributed by atoms with van der Waals surface area (Å²) >= 11 is 1.97. The molecule has 1 heterocycles. The van der Waals surface area contributed by atoms with Crippen LogP contribution in [0.4, 0.5) is 11.4 Å². The topological polar surface area (TPSA) is 55.6 Å². The van der Waals surface area contributed by atoms with Crippen LogP contribution in [0.15, 0.2) is 18.2 Å². The highest BCUT2D eigenvalue weighted by atomic mass is 32.2. The maximum atomic E-state index is 12.1. The molecule has 2 atom stereocenters. The number of ether oxygens (including phenoxy) is 1. The second-order valence-electron chi connectivity index (χ2n) is 5.13. The maximum Gasteiger partial charge on any atom is 0.340 e. The molecule has 1 fully saturated rings. The highest BCUT2D eigenvalue weighted by molar-refractivity contribution is 8.00. The molecule has 1 saturated heterocycles. The van der Waals surface area contributed by atoms with E-state index >= 15 is 0 Å². The largest absolute Gasteiger partial charge is 0.462 e. The number of benzene rings is 1. The molecule has 2 N–H and O–H groups in total. The molecule has 5 heteroatoms. The van der Waals surface area contributed by atoms with Gasteiger partial charge in [-0.25, -0.2) is 4.79 Å². The van der Waals surface area contributed by atoms with Crippen LogP contribution in [-0.2, 0) is 4.74 Å². The third-order valence-electron chi connectivity index (χ3n) is 3.30. The van der Waals surface area contributed by atoms with Crippen LogP contribution in [0.5, 0.6) is 0 Å². The van der Waals surface area contributed by atoms with Gasteiger partial charge >= 0.3 is 5.97 Å². The fraction of sp³-hybridized carbons (Fsp3) is 0.533. The van der Waals surface area contributed by atoms with Crippen molar-refractivity contribution in [3.63, 3.8) is 0 Å². The zero-order valence-corrected chi connectivity index (χ0v) is 13.1. The van der Waals surface area contributed by atoms with Crippen molar-refractivity contribution in [2.75, 3.05) is 30.3 Å². The average Bonchev–Trinajstić information content (AvgIpc) is 2.37. The fourth-order valence-electron chi connectivity index (χ4n) is 2.65. The molecule has 2 unspecified atom stereocenters. The number of nitrogens with zero attached hydrogens (tertiary/aromatic N) is 1. The fourth-order valence-corrected chi connectivity index (χ4v) is 3.97. The van der Waals surface area contributed by atoms with Crippen LogP contribution in [-0.4, -0.2) is 36.2 Å². The van der Waals surface area contributed by atoms with Crippen LogP contribution >= 0.6 is 11.8 Å². The molecule has 0 amide bonds. The summed E-state index contributed by atoms with van der Waals surface area (Å²) in [6, 6.07) is 5.44. The van der Waals surface area contributed by atoms with E-state index in [1.54, 1.807) is 12.1 Å². The predicted molar refractivity (Wildman–Crippen MR) is 85.5 cm³/mol. The van der Waals surface area contributed by atoms with E-state index < -0.39 is 0 Å². The lowest BCUT2D eigenvalue weighted by atomic mass is 10.1. The summed E-state index contributed by atoms with van der Waals surface area (Å²) in [6.07, 6.45) is 0. The molecule has 0 aliphatic carbocycles. The minimum Gasteiger partial charge on any atom is -0.462 e. The first-order chi connectivity index (χ1) is 9.52. The number of carbonyl (C=O) groups is 1. The van der Waals surface area contributed by atoms with Crippen molar-refractivity contribution < 1.29 is 9.53 Å². The van der Waals surface area contributed by atoms with E-state index in [4.69, 9.17) is 10.5 Å². The molecule has 20 heavy (non-hydrogen) atoms. The van der Waals surface area contributed by atoms with Crippen molar-refractivity contribution in [3.8, 4) is 0 Å². The molecule has 0 bridgehead atoms. The Morgan fingerprint density at radius 3 is 2.65 bits per heavy atom. The van der Waals surface area contributed by atoms with Crippen molar-refractivity contribution in [3.05, 3.63) is 23.8 Å². The summed E-state index contributed by atoms with van der Waals surface area (Å²) in [4.78, 5) is 14.3. The summed E-state index contributed by atoms with van der Waals surface area (Å²) in [7, 11) is 0. The molecule has 1 aliphatic rings. The van der Waals surface area contributed by atoms with Crippen LogP contribution in [0, 0.1) is 0 Å². The Morgan fingerprint density at radius 1 is 1.40 bits per heavy atom. The third-order valence-corrected chi connectivity index (χ3v) is 4.53. The number of nitrogens with two attached hydrogens (primary N) is 1. The highest BCUT2D eigenvalue weighted by Gasteiger charge is 2.27. The zero-order valence-electron chi connectivity index (χ0n) is 12.3. The van der Waals surface area contributed by atoms with Gasteiger partial charge in [0.15, 0.2) is 0 Å². The van der Waals surface area contributed by atoms with Crippen LogP contribution in [0.3, 0.4) is 0 Å². The molecule has 1 aromatic rings. The molecular weight excluding hydrogens is 272 g/mol. The minimum absolute atomic E-state index is 0.298. The lowest BCUT2D eigenvalue weighted by Crippen LogP contribution is -2.41. The maximum absolute atomic E-state index is 12.1. The number of nitrogen functional groups attached to an aromatic ring is 1. The van der Waals surface area contributed by atoms with Crippen LogP contribution in [0.2, 0.25) is 0 Å². The number of thioether (sulfide) groups is 1. The lowest BCUT2D eigenvalue weighted by Gasteiger charge is -2.37. The lowest BCUT2D eigenvalue weighted by molar-refractivity contribution is 0.0527. The van der Waals surface area contributed by atoms with E-state index in [1.165, 1.54) is 0 Å². The quantitative estimate of drug-likeness (QED) is 0.686. The number of esters is 1. The van der Waals surface area contributed by atoms with Gasteiger partial charge in [0.05, 0.1) is 23.5 Å². The average molecular weight is 294 g/mol. The summed E-state index contributed by atoms with van der Waals surface area (Å²) in [5.74, 6) is -0.298. The number of anilines is 2. The molecule has 0 saturated carbocycles. The Labute approximate surface area is 124 Å². The number of hydrogen-bond acceptors (Lipinski definition) is 5. The summed E-state index contributed by atoms with van der Waals surface area (Å²) in [5, 5.41) is 1.04. The van der Waals surface area contributed by atoms with E-state index in [-0.39, 0.29) is 5.97 Å². The Morgan fingerprint density at radius 2 is 2.05 bits per heavy atom. The molecule has 1 aromatic carbocycles. The first-order valence-electron chi connectivity index (χ1n) is 6.99.